The number of carbonyl (C=O) groups excluding carboxylic acids is 1. The summed E-state index contributed by atoms with van der Waals surface area (Å²) in [6.07, 6.45) is 4.09. The van der Waals surface area contributed by atoms with E-state index in [-0.39, 0.29) is 18.1 Å². The van der Waals surface area contributed by atoms with E-state index in [4.69, 9.17) is 0 Å². The largest absolute Gasteiger partial charge is 0.331 e. The van der Waals surface area contributed by atoms with Gasteiger partial charge in [0, 0.05) is 11.8 Å². The van der Waals surface area contributed by atoms with Crippen molar-refractivity contribution in [2.75, 3.05) is 12.3 Å². The highest BCUT2D eigenvalue weighted by atomic mass is 32.2. The molecule has 1 aromatic carbocycles. The smallest absolute Gasteiger partial charge is 0.283 e. The van der Waals surface area contributed by atoms with Crippen LogP contribution in [0, 0.1) is 18.3 Å². The number of carbonyl (C=O) groups is 1. The number of nitrogens with one attached hydrogen (secondary N) is 1. The van der Waals surface area contributed by atoms with E-state index in [2.05, 4.69) is 9.71 Å². The standard InChI is InChI=1S/C25H29F2N3O3S/c1-3-34(32,33)29-22-21(30(15-25(22,26)27)23(31)24-12-18(13-24)14-24)11-17-5-4-6-19(10-17)20-9-16(2)7-8-28-20/h4-10,18,21-22,29H,3,11-15H2,1-2H3/t18?,21-,22+,24?/m0/s1. The molecule has 0 unspecified atom stereocenters. The summed E-state index contributed by atoms with van der Waals surface area (Å²) in [4.78, 5) is 19.1. The van der Waals surface area contributed by atoms with Crippen molar-refractivity contribution >= 4 is 15.9 Å². The molecule has 3 aliphatic carbocycles. The first-order valence-corrected chi connectivity index (χ1v) is 13.4. The quantitative estimate of drug-likeness (QED) is 0.645. The molecule has 2 heterocycles. The van der Waals surface area contributed by atoms with E-state index in [9.17, 15) is 13.2 Å². The van der Waals surface area contributed by atoms with Gasteiger partial charge in [-0.15, -0.1) is 0 Å². The van der Waals surface area contributed by atoms with E-state index in [1.165, 1.54) is 11.8 Å². The molecule has 182 valence electrons. The van der Waals surface area contributed by atoms with Gasteiger partial charge in [0.05, 0.1) is 29.4 Å². The third-order valence-corrected chi connectivity index (χ3v) is 9.02. The summed E-state index contributed by atoms with van der Waals surface area (Å²) >= 11 is 0. The van der Waals surface area contributed by atoms with Crippen molar-refractivity contribution < 1.29 is 22.0 Å². The second-order valence-electron chi connectivity index (χ2n) is 10.1. The second kappa shape index (κ2) is 8.09. The molecule has 2 bridgehead atoms. The van der Waals surface area contributed by atoms with Gasteiger partial charge in [-0.3, -0.25) is 9.78 Å². The lowest BCUT2D eigenvalue weighted by Gasteiger charge is -2.61. The van der Waals surface area contributed by atoms with Gasteiger partial charge in [0.15, 0.2) is 0 Å². The summed E-state index contributed by atoms with van der Waals surface area (Å²) in [5.41, 5.74) is 2.89. The van der Waals surface area contributed by atoms with Crippen molar-refractivity contribution in [3.05, 3.63) is 53.7 Å². The van der Waals surface area contributed by atoms with Gasteiger partial charge in [-0.25, -0.2) is 21.9 Å². The minimum Gasteiger partial charge on any atom is -0.331 e. The number of likely N-dealkylation sites (tertiary alicyclic amines) is 1. The summed E-state index contributed by atoms with van der Waals surface area (Å²) in [6, 6.07) is 8.63. The van der Waals surface area contributed by atoms with Crippen LogP contribution in [0.2, 0.25) is 0 Å². The van der Waals surface area contributed by atoms with E-state index in [0.717, 1.165) is 41.6 Å². The van der Waals surface area contributed by atoms with Gasteiger partial charge in [-0.2, -0.15) is 0 Å². The van der Waals surface area contributed by atoms with Gasteiger partial charge in [0.25, 0.3) is 5.92 Å². The third kappa shape index (κ3) is 4.02. The number of amides is 1. The zero-order valence-electron chi connectivity index (χ0n) is 19.3. The first kappa shape index (κ1) is 23.4. The Labute approximate surface area is 198 Å². The van der Waals surface area contributed by atoms with E-state index < -0.39 is 40.0 Å². The van der Waals surface area contributed by atoms with E-state index in [1.807, 2.05) is 43.3 Å². The molecule has 34 heavy (non-hydrogen) atoms. The number of benzene rings is 1. The Kier molecular flexibility index (Phi) is 5.55. The number of hydrogen-bond donors (Lipinski definition) is 1. The number of aromatic nitrogens is 1. The molecular weight excluding hydrogens is 460 g/mol. The van der Waals surface area contributed by atoms with Gasteiger partial charge in [-0.05, 0) is 74.8 Å². The summed E-state index contributed by atoms with van der Waals surface area (Å²) in [6.45, 7) is 2.61. The lowest BCUT2D eigenvalue weighted by molar-refractivity contribution is -0.178. The molecule has 4 fully saturated rings. The molecule has 1 N–H and O–H groups in total. The van der Waals surface area contributed by atoms with Crippen LogP contribution >= 0.6 is 0 Å². The van der Waals surface area contributed by atoms with Crippen LogP contribution in [-0.4, -0.2) is 54.5 Å². The number of rotatable bonds is 7. The van der Waals surface area contributed by atoms with E-state index in [1.54, 1.807) is 6.20 Å². The fourth-order valence-corrected chi connectivity index (χ4v) is 6.52. The number of hydrogen-bond acceptors (Lipinski definition) is 4. The average molecular weight is 490 g/mol. The van der Waals surface area contributed by atoms with Crippen molar-refractivity contribution in [1.82, 2.24) is 14.6 Å². The molecule has 0 spiro atoms. The summed E-state index contributed by atoms with van der Waals surface area (Å²) in [5, 5.41) is 0. The zero-order chi connectivity index (χ0) is 24.3. The summed E-state index contributed by atoms with van der Waals surface area (Å²) < 4.78 is 57.3. The third-order valence-electron chi connectivity index (χ3n) is 7.64. The van der Waals surface area contributed by atoms with Gasteiger partial charge < -0.3 is 4.90 Å². The molecule has 6 rings (SSSR count). The van der Waals surface area contributed by atoms with Gasteiger partial charge in [0.1, 0.15) is 6.04 Å². The number of alkyl halides is 2. The first-order valence-electron chi connectivity index (χ1n) is 11.7. The minimum absolute atomic E-state index is 0.122. The Morgan fingerprint density at radius 1 is 1.21 bits per heavy atom. The number of aryl methyl sites for hydroxylation is 1. The maximum absolute atomic E-state index is 15.2. The monoisotopic (exact) mass is 489 g/mol. The van der Waals surface area contributed by atoms with Crippen LogP contribution in [0.3, 0.4) is 0 Å². The van der Waals surface area contributed by atoms with Crippen LogP contribution in [-0.2, 0) is 21.2 Å². The van der Waals surface area contributed by atoms with Crippen molar-refractivity contribution in [2.24, 2.45) is 11.3 Å². The molecule has 1 saturated heterocycles. The molecular formula is C25H29F2N3O3S. The van der Waals surface area contributed by atoms with E-state index in [0.29, 0.717) is 5.92 Å². The highest BCUT2D eigenvalue weighted by Gasteiger charge is 2.66. The molecule has 1 aliphatic heterocycles. The van der Waals surface area contributed by atoms with E-state index >= 15 is 8.78 Å². The summed E-state index contributed by atoms with van der Waals surface area (Å²) in [5.74, 6) is -3.39. The molecule has 1 amide bonds. The highest BCUT2D eigenvalue weighted by molar-refractivity contribution is 7.89. The van der Waals surface area contributed by atoms with Crippen molar-refractivity contribution in [3.8, 4) is 11.3 Å². The van der Waals surface area contributed by atoms with Crippen molar-refractivity contribution in [3.63, 3.8) is 0 Å². The lowest BCUT2D eigenvalue weighted by atomic mass is 9.44. The fraction of sp³-hybridized carbons (Fsp3) is 0.520. The van der Waals surface area contributed by atoms with Crippen LogP contribution in [0.15, 0.2) is 42.6 Å². The number of halogens is 2. The zero-order valence-corrected chi connectivity index (χ0v) is 20.1. The molecule has 2 atom stereocenters. The van der Waals surface area contributed by atoms with Crippen molar-refractivity contribution in [1.29, 1.82) is 0 Å². The molecule has 9 heteroatoms. The predicted octanol–water partition coefficient (Wildman–Crippen LogP) is 3.55. The predicted molar refractivity (Wildman–Crippen MR) is 125 cm³/mol. The number of pyridine rings is 1. The normalized spacial score (nSPS) is 29.4. The topological polar surface area (TPSA) is 79.4 Å². The Bertz CT molecular complexity index is 1220. The number of nitrogens with zero attached hydrogens (tertiary/aromatic N) is 2. The molecule has 1 aromatic heterocycles. The van der Waals surface area contributed by atoms with Crippen LogP contribution in [0.25, 0.3) is 11.3 Å². The van der Waals surface area contributed by atoms with Crippen LogP contribution in [0.4, 0.5) is 8.78 Å². The molecule has 3 saturated carbocycles. The first-order chi connectivity index (χ1) is 16.0. The maximum Gasteiger partial charge on any atom is 0.283 e. The number of sulfonamides is 1. The average Bonchev–Trinajstić information content (AvgIpc) is 2.96. The van der Waals surface area contributed by atoms with Gasteiger partial charge in [0.2, 0.25) is 15.9 Å². The SMILES string of the molecule is CCS(=O)(=O)N[C@@H]1[C@H](Cc2cccc(-c3cc(C)ccn3)c2)N(C(=O)C23CC(C2)C3)CC1(F)F. The molecule has 6 nitrogen and oxygen atoms in total. The Morgan fingerprint density at radius 3 is 2.56 bits per heavy atom. The Hall–Kier alpha value is -2.39. The Morgan fingerprint density at radius 2 is 1.94 bits per heavy atom. The molecule has 0 radical (unpaired) electrons. The van der Waals surface area contributed by atoms with Crippen LogP contribution in [0.1, 0.15) is 37.3 Å². The lowest BCUT2D eigenvalue weighted by Crippen LogP contribution is -2.62. The maximum atomic E-state index is 15.2. The fourth-order valence-electron chi connectivity index (χ4n) is 5.63. The summed E-state index contributed by atoms with van der Waals surface area (Å²) in [7, 11) is -3.90. The highest BCUT2D eigenvalue weighted by Crippen LogP contribution is 2.65. The second-order valence-corrected chi connectivity index (χ2v) is 12.2. The molecule has 2 aromatic rings. The molecule has 4 aliphatic rings. The van der Waals surface area contributed by atoms with Crippen LogP contribution in [0.5, 0.6) is 0 Å². The van der Waals surface area contributed by atoms with Gasteiger partial charge in [-0.1, -0.05) is 18.2 Å². The minimum atomic E-state index is -3.90. The van der Waals surface area contributed by atoms with Crippen molar-refractivity contribution in [2.45, 2.75) is 57.5 Å². The van der Waals surface area contributed by atoms with Crippen LogP contribution < -0.4 is 4.72 Å². The Balaban J connectivity index is 1.48. The van der Waals surface area contributed by atoms with Gasteiger partial charge >= 0.3 is 0 Å².